The van der Waals surface area contributed by atoms with Gasteiger partial charge >= 0.3 is 5.97 Å². The van der Waals surface area contributed by atoms with E-state index in [1.54, 1.807) is 36.4 Å². The maximum Gasteiger partial charge on any atom is 0.336 e. The van der Waals surface area contributed by atoms with Crippen LogP contribution in [-0.2, 0) is 0 Å². The number of halogens is 1. The molecule has 1 aliphatic carbocycles. The van der Waals surface area contributed by atoms with Gasteiger partial charge in [-0.25, -0.2) is 9.78 Å². The Bertz CT molecular complexity index is 874. The lowest BCUT2D eigenvalue weighted by Crippen LogP contribution is -2.00. The van der Waals surface area contributed by atoms with Crippen molar-refractivity contribution in [3.8, 4) is 11.3 Å². The van der Waals surface area contributed by atoms with E-state index in [2.05, 4.69) is 4.98 Å². The third kappa shape index (κ3) is 3.91. The van der Waals surface area contributed by atoms with E-state index in [0.717, 1.165) is 5.56 Å². The smallest absolute Gasteiger partial charge is 0.336 e. The van der Waals surface area contributed by atoms with Gasteiger partial charge in [-0.1, -0.05) is 41.9 Å². The molecule has 2 aromatic carbocycles. The van der Waals surface area contributed by atoms with Gasteiger partial charge in [0, 0.05) is 22.0 Å². The number of nitrogens with two attached hydrogens (primary N) is 1. The second kappa shape index (κ2) is 6.99. The first-order valence-corrected chi connectivity index (χ1v) is 8.07. The second-order valence-electron chi connectivity index (χ2n) is 5.72. The Morgan fingerprint density at radius 2 is 1.75 bits per heavy atom. The summed E-state index contributed by atoms with van der Waals surface area (Å²) in [7, 11) is 0. The molecule has 122 valence electrons. The molecule has 1 saturated carbocycles. The van der Waals surface area contributed by atoms with Crippen molar-refractivity contribution >= 4 is 28.5 Å². The van der Waals surface area contributed by atoms with E-state index in [0.29, 0.717) is 27.7 Å². The zero-order valence-corrected chi connectivity index (χ0v) is 13.7. The van der Waals surface area contributed by atoms with Crippen molar-refractivity contribution in [2.45, 2.75) is 18.9 Å². The fourth-order valence-electron chi connectivity index (χ4n) is 2.22. The summed E-state index contributed by atoms with van der Waals surface area (Å²) in [6.07, 6.45) is 2.53. The monoisotopic (exact) mass is 340 g/mol. The summed E-state index contributed by atoms with van der Waals surface area (Å²) in [4.78, 5) is 15.9. The molecule has 4 rings (SSSR count). The minimum atomic E-state index is -0.959. The van der Waals surface area contributed by atoms with Gasteiger partial charge < -0.3 is 10.8 Å². The molecule has 5 heteroatoms. The lowest BCUT2D eigenvalue weighted by molar-refractivity contribution is 0.0699. The standard InChI is InChI=1S/C16H10ClNO2.C3H7N/c17-11-7-5-10(6-8-11)15-9-13(16(19)20)12-3-1-2-4-14(12)18-15;4-3-1-2-3/h1-9H,(H,19,20);3H,1-2,4H2. The topological polar surface area (TPSA) is 76.2 Å². The van der Waals surface area contributed by atoms with Gasteiger partial charge in [0.15, 0.2) is 0 Å². The highest BCUT2D eigenvalue weighted by atomic mass is 35.5. The van der Waals surface area contributed by atoms with E-state index < -0.39 is 5.97 Å². The van der Waals surface area contributed by atoms with Crippen molar-refractivity contribution in [3.63, 3.8) is 0 Å². The molecule has 0 bridgehead atoms. The Kier molecular flexibility index (Phi) is 4.79. The molecule has 1 aromatic heterocycles. The molecule has 24 heavy (non-hydrogen) atoms. The molecule has 0 aliphatic heterocycles. The number of para-hydroxylation sites is 1. The van der Waals surface area contributed by atoms with Crippen LogP contribution in [0.4, 0.5) is 0 Å². The van der Waals surface area contributed by atoms with E-state index in [1.165, 1.54) is 12.8 Å². The number of fused-ring (bicyclic) bond motifs is 1. The van der Waals surface area contributed by atoms with Crippen LogP contribution in [0, 0.1) is 0 Å². The molecule has 0 saturated heterocycles. The van der Waals surface area contributed by atoms with Gasteiger partial charge in [-0.3, -0.25) is 0 Å². The van der Waals surface area contributed by atoms with Crippen LogP contribution in [0.5, 0.6) is 0 Å². The highest BCUT2D eigenvalue weighted by molar-refractivity contribution is 6.30. The molecule has 4 nitrogen and oxygen atoms in total. The minimum Gasteiger partial charge on any atom is -0.478 e. The van der Waals surface area contributed by atoms with Gasteiger partial charge in [0.05, 0.1) is 16.8 Å². The van der Waals surface area contributed by atoms with Crippen molar-refractivity contribution in [3.05, 3.63) is 65.2 Å². The van der Waals surface area contributed by atoms with E-state index in [1.807, 2.05) is 18.2 Å². The molecule has 0 spiro atoms. The summed E-state index contributed by atoms with van der Waals surface area (Å²) in [6.45, 7) is 0. The van der Waals surface area contributed by atoms with Crippen LogP contribution in [0.3, 0.4) is 0 Å². The second-order valence-corrected chi connectivity index (χ2v) is 6.16. The van der Waals surface area contributed by atoms with E-state index >= 15 is 0 Å². The average molecular weight is 341 g/mol. The molecule has 1 heterocycles. The summed E-state index contributed by atoms with van der Waals surface area (Å²) in [6, 6.07) is 16.6. The fraction of sp³-hybridized carbons (Fsp3) is 0.158. The van der Waals surface area contributed by atoms with Gasteiger partial charge in [0.2, 0.25) is 0 Å². The van der Waals surface area contributed by atoms with Gasteiger partial charge in [-0.2, -0.15) is 0 Å². The zero-order valence-electron chi connectivity index (χ0n) is 12.9. The Morgan fingerprint density at radius 3 is 2.33 bits per heavy atom. The zero-order chi connectivity index (χ0) is 17.1. The first-order valence-electron chi connectivity index (χ1n) is 7.69. The largest absolute Gasteiger partial charge is 0.478 e. The molecule has 0 unspecified atom stereocenters. The molecule has 0 amide bonds. The van der Waals surface area contributed by atoms with Crippen molar-refractivity contribution in [2.75, 3.05) is 0 Å². The molecule has 3 N–H and O–H groups in total. The SMILES string of the molecule is NC1CC1.O=C(O)c1cc(-c2ccc(Cl)cc2)nc2ccccc12. The quantitative estimate of drug-likeness (QED) is 0.726. The molecular formula is C19H17ClN2O2. The maximum atomic E-state index is 11.4. The lowest BCUT2D eigenvalue weighted by atomic mass is 10.0. The summed E-state index contributed by atoms with van der Waals surface area (Å²) in [5.74, 6) is -0.959. The predicted octanol–water partition coefficient (Wildman–Crippen LogP) is 4.36. The number of hydrogen-bond donors (Lipinski definition) is 2. The molecule has 0 atom stereocenters. The summed E-state index contributed by atoms with van der Waals surface area (Å²) in [5, 5.41) is 10.6. The van der Waals surface area contributed by atoms with Crippen LogP contribution in [0.1, 0.15) is 23.2 Å². The van der Waals surface area contributed by atoms with E-state index in [9.17, 15) is 9.90 Å². The Labute approximate surface area is 144 Å². The third-order valence-corrected chi connectivity index (χ3v) is 3.96. The van der Waals surface area contributed by atoms with Crippen molar-refractivity contribution in [1.82, 2.24) is 4.98 Å². The Balaban J connectivity index is 0.000000370. The summed E-state index contributed by atoms with van der Waals surface area (Å²) < 4.78 is 0. The Morgan fingerprint density at radius 1 is 1.12 bits per heavy atom. The van der Waals surface area contributed by atoms with Gasteiger partial charge in [-0.15, -0.1) is 0 Å². The van der Waals surface area contributed by atoms with Crippen molar-refractivity contribution < 1.29 is 9.90 Å². The molecule has 0 radical (unpaired) electrons. The molecule has 1 fully saturated rings. The Hall–Kier alpha value is -2.43. The van der Waals surface area contributed by atoms with Gasteiger partial charge in [-0.05, 0) is 37.1 Å². The van der Waals surface area contributed by atoms with E-state index in [4.69, 9.17) is 17.3 Å². The maximum absolute atomic E-state index is 11.4. The van der Waals surface area contributed by atoms with Gasteiger partial charge in [0.1, 0.15) is 0 Å². The number of benzene rings is 2. The highest BCUT2D eigenvalue weighted by Crippen LogP contribution is 2.25. The highest BCUT2D eigenvalue weighted by Gasteiger charge is 2.13. The molecular weight excluding hydrogens is 324 g/mol. The van der Waals surface area contributed by atoms with E-state index in [-0.39, 0.29) is 5.56 Å². The summed E-state index contributed by atoms with van der Waals surface area (Å²) in [5.41, 5.74) is 7.60. The number of aromatic carboxylic acids is 1. The van der Waals surface area contributed by atoms with Crippen molar-refractivity contribution in [2.24, 2.45) is 5.73 Å². The first kappa shape index (κ1) is 16.4. The van der Waals surface area contributed by atoms with Crippen LogP contribution >= 0.6 is 11.6 Å². The number of pyridine rings is 1. The van der Waals surface area contributed by atoms with Crippen LogP contribution in [0.2, 0.25) is 5.02 Å². The van der Waals surface area contributed by atoms with Crippen LogP contribution < -0.4 is 5.73 Å². The third-order valence-electron chi connectivity index (χ3n) is 3.71. The van der Waals surface area contributed by atoms with Crippen LogP contribution in [0.25, 0.3) is 22.2 Å². The predicted molar refractivity (Wildman–Crippen MR) is 96.4 cm³/mol. The number of carboxylic acid groups (broad SMARTS) is 1. The normalized spacial score (nSPS) is 13.2. The van der Waals surface area contributed by atoms with Crippen molar-refractivity contribution in [1.29, 1.82) is 0 Å². The summed E-state index contributed by atoms with van der Waals surface area (Å²) >= 11 is 5.86. The van der Waals surface area contributed by atoms with Gasteiger partial charge in [0.25, 0.3) is 0 Å². The number of aromatic nitrogens is 1. The van der Waals surface area contributed by atoms with Crippen LogP contribution in [0.15, 0.2) is 54.6 Å². The minimum absolute atomic E-state index is 0.251. The number of nitrogens with zero attached hydrogens (tertiary/aromatic N) is 1. The number of hydrogen-bond acceptors (Lipinski definition) is 3. The fourth-order valence-corrected chi connectivity index (χ4v) is 2.34. The molecule has 3 aromatic rings. The molecule has 1 aliphatic rings. The average Bonchev–Trinajstić information content (AvgIpc) is 3.37. The number of carbonyl (C=O) groups is 1. The number of carboxylic acids is 1. The first-order chi connectivity index (χ1) is 11.5. The lowest BCUT2D eigenvalue weighted by Gasteiger charge is -2.07. The van der Waals surface area contributed by atoms with Crippen LogP contribution in [-0.4, -0.2) is 22.1 Å². The number of rotatable bonds is 2.